The van der Waals surface area contributed by atoms with Gasteiger partial charge in [-0.25, -0.2) is 4.98 Å². The standard InChI is InChI=1S/C30H38N6O.C2H6N2.C2H6.2CH2O/c1-8-21-25(31-7)15-20(30(4,5)6)16-26(21)35-24-13-14-27(23-12-10-9-11-22(23)24)37-29-34-18-33-28(36-29)32-17-19(2)3;1-2-4-3;3*1-2/h9-16,18-19,31,35H,8,17H2,1-7H3,(H,32,33,34,36);2,4H,1,3H2;1-2H3;2*1H2. The molecule has 6 N–H and O–H groups in total. The molecule has 0 bridgehead atoms. The number of hydrogen-bond acceptors (Lipinski definition) is 11. The Labute approximate surface area is 280 Å². The van der Waals surface area contributed by atoms with Crippen LogP contribution < -0.4 is 32.0 Å². The van der Waals surface area contributed by atoms with Crippen LogP contribution in [0.3, 0.4) is 0 Å². The van der Waals surface area contributed by atoms with Crippen LogP contribution in [0.2, 0.25) is 0 Å². The van der Waals surface area contributed by atoms with Crippen LogP contribution in [0.15, 0.2) is 67.6 Å². The first-order chi connectivity index (χ1) is 22.6. The molecule has 0 unspecified atom stereocenters. The van der Waals surface area contributed by atoms with Crippen LogP contribution in [0.4, 0.5) is 23.0 Å². The number of ether oxygens (including phenoxy) is 1. The first-order valence-corrected chi connectivity index (χ1v) is 15.5. The minimum Gasteiger partial charge on any atom is -0.424 e. The summed E-state index contributed by atoms with van der Waals surface area (Å²) in [5.41, 5.74) is 8.03. The minimum atomic E-state index is 0.0293. The van der Waals surface area contributed by atoms with Gasteiger partial charge in [-0.2, -0.15) is 9.97 Å². The lowest BCUT2D eigenvalue weighted by molar-refractivity contribution is -0.0987. The number of benzene rings is 3. The van der Waals surface area contributed by atoms with Gasteiger partial charge in [0.15, 0.2) is 0 Å². The Bertz CT molecular complexity index is 1490. The number of fused-ring (bicyclic) bond motifs is 1. The van der Waals surface area contributed by atoms with Crippen molar-refractivity contribution < 1.29 is 14.3 Å². The highest BCUT2D eigenvalue weighted by Crippen LogP contribution is 2.38. The SMILES string of the molecule is C=CNN.C=O.C=O.CC.CCc1c(NC)cc(C(C)(C)C)cc1Nc1ccc(Oc2ncnc(NCC(C)C)n2)c2ccccc12. The average molecular weight is 647 g/mol. The fourth-order valence-corrected chi connectivity index (χ4v) is 4.24. The summed E-state index contributed by atoms with van der Waals surface area (Å²) in [6.45, 7) is 25.2. The summed E-state index contributed by atoms with van der Waals surface area (Å²) in [5, 5.41) is 12.4. The number of rotatable bonds is 10. The zero-order valence-electron chi connectivity index (χ0n) is 29.5. The van der Waals surface area contributed by atoms with E-state index in [1.807, 2.05) is 52.7 Å². The van der Waals surface area contributed by atoms with Crippen molar-refractivity contribution in [3.63, 3.8) is 0 Å². The predicted octanol–water partition coefficient (Wildman–Crippen LogP) is 7.78. The van der Waals surface area contributed by atoms with Crippen molar-refractivity contribution in [1.29, 1.82) is 0 Å². The number of aromatic nitrogens is 3. The number of carbonyl (C=O) groups excluding carboxylic acids is 2. The normalized spacial score (nSPS) is 9.85. The molecule has 0 atom stereocenters. The summed E-state index contributed by atoms with van der Waals surface area (Å²) < 4.78 is 6.15. The molecule has 0 fully saturated rings. The Morgan fingerprint density at radius 1 is 0.936 bits per heavy atom. The predicted molar refractivity (Wildman–Crippen MR) is 198 cm³/mol. The quantitative estimate of drug-likeness (QED) is 0.0847. The molecule has 4 rings (SSSR count). The maximum atomic E-state index is 8.00. The molecule has 3 aromatic carbocycles. The third kappa shape index (κ3) is 13.1. The number of hydrazine groups is 1. The number of anilines is 4. The summed E-state index contributed by atoms with van der Waals surface area (Å²) in [4.78, 5) is 28.9. The van der Waals surface area contributed by atoms with Crippen molar-refractivity contribution in [2.24, 2.45) is 11.8 Å². The Kier molecular flexibility index (Phi) is 20.1. The second kappa shape index (κ2) is 22.5. The molecule has 1 heterocycles. The van der Waals surface area contributed by atoms with Gasteiger partial charge in [-0.15, -0.1) is 0 Å². The van der Waals surface area contributed by atoms with Crippen LogP contribution >= 0.6 is 0 Å². The molecule has 47 heavy (non-hydrogen) atoms. The van der Waals surface area contributed by atoms with Gasteiger partial charge >= 0.3 is 6.01 Å². The van der Waals surface area contributed by atoms with E-state index in [4.69, 9.17) is 14.3 Å². The largest absolute Gasteiger partial charge is 0.424 e. The summed E-state index contributed by atoms with van der Waals surface area (Å²) in [7, 11) is 1.98. The van der Waals surface area contributed by atoms with Gasteiger partial charge in [-0.1, -0.05) is 86.2 Å². The molecule has 0 saturated carbocycles. The summed E-state index contributed by atoms with van der Waals surface area (Å²) in [6.07, 6.45) is 3.78. The Balaban J connectivity index is 0.00000190. The van der Waals surface area contributed by atoms with Gasteiger partial charge in [0.25, 0.3) is 0 Å². The van der Waals surface area contributed by atoms with Crippen molar-refractivity contribution >= 4 is 47.4 Å². The van der Waals surface area contributed by atoms with Crippen molar-refractivity contribution in [1.82, 2.24) is 20.4 Å². The molecule has 0 amide bonds. The van der Waals surface area contributed by atoms with Gasteiger partial charge in [0.2, 0.25) is 5.95 Å². The molecule has 11 heteroatoms. The third-order valence-corrected chi connectivity index (χ3v) is 6.43. The molecule has 0 saturated heterocycles. The van der Waals surface area contributed by atoms with E-state index in [-0.39, 0.29) is 11.4 Å². The van der Waals surface area contributed by atoms with Gasteiger partial charge in [-0.3, -0.25) is 5.84 Å². The highest BCUT2D eigenvalue weighted by atomic mass is 16.5. The zero-order valence-corrected chi connectivity index (χ0v) is 29.5. The van der Waals surface area contributed by atoms with E-state index in [2.05, 4.69) is 121 Å². The second-order valence-corrected chi connectivity index (χ2v) is 11.0. The Hall–Kier alpha value is -5.03. The fraction of sp³-hybridized carbons (Fsp3) is 0.361. The topological polar surface area (TPSA) is 156 Å². The van der Waals surface area contributed by atoms with Crippen LogP contribution in [0.5, 0.6) is 11.8 Å². The van der Waals surface area contributed by atoms with Gasteiger partial charge < -0.3 is 35.7 Å². The maximum Gasteiger partial charge on any atom is 0.326 e. The third-order valence-electron chi connectivity index (χ3n) is 6.43. The molecule has 0 aliphatic rings. The molecule has 0 aliphatic heterocycles. The van der Waals surface area contributed by atoms with Crippen molar-refractivity contribution in [2.45, 2.75) is 67.2 Å². The van der Waals surface area contributed by atoms with Gasteiger partial charge in [0.1, 0.15) is 25.7 Å². The molecule has 256 valence electrons. The molecule has 0 radical (unpaired) electrons. The number of nitrogens with two attached hydrogens (primary N) is 1. The van der Waals surface area contributed by atoms with Gasteiger partial charge in [-0.05, 0) is 53.1 Å². The fourth-order valence-electron chi connectivity index (χ4n) is 4.24. The van der Waals surface area contributed by atoms with E-state index in [9.17, 15) is 0 Å². The number of hydrogen-bond donors (Lipinski definition) is 5. The number of nitrogens with one attached hydrogen (secondary N) is 4. The van der Waals surface area contributed by atoms with Crippen molar-refractivity contribution in [3.8, 4) is 11.8 Å². The lowest BCUT2D eigenvalue weighted by Gasteiger charge is -2.25. The summed E-state index contributed by atoms with van der Waals surface area (Å²) in [5.74, 6) is 6.34. The molecular weight excluding hydrogens is 592 g/mol. The lowest BCUT2D eigenvalue weighted by atomic mass is 9.85. The summed E-state index contributed by atoms with van der Waals surface area (Å²) in [6, 6.07) is 17.0. The van der Waals surface area contributed by atoms with Crippen molar-refractivity contribution in [3.05, 3.63) is 78.8 Å². The summed E-state index contributed by atoms with van der Waals surface area (Å²) >= 11 is 0. The first-order valence-electron chi connectivity index (χ1n) is 15.5. The van der Waals surface area contributed by atoms with Gasteiger partial charge in [0.05, 0.1) is 0 Å². The molecule has 0 aliphatic carbocycles. The lowest BCUT2D eigenvalue weighted by Crippen LogP contribution is -2.13. The zero-order chi connectivity index (χ0) is 36.0. The Morgan fingerprint density at radius 2 is 1.53 bits per heavy atom. The molecule has 0 spiro atoms. The van der Waals surface area contributed by atoms with Crippen LogP contribution in [0.25, 0.3) is 10.8 Å². The van der Waals surface area contributed by atoms with E-state index in [0.29, 0.717) is 17.6 Å². The highest BCUT2D eigenvalue weighted by molar-refractivity contribution is 5.99. The first kappa shape index (κ1) is 42.0. The molecule has 1 aromatic heterocycles. The van der Waals surface area contributed by atoms with Crippen LogP contribution in [-0.2, 0) is 21.4 Å². The Morgan fingerprint density at radius 3 is 2.06 bits per heavy atom. The van der Waals surface area contributed by atoms with E-state index in [1.165, 1.54) is 23.7 Å². The smallest absolute Gasteiger partial charge is 0.326 e. The molecule has 11 nitrogen and oxygen atoms in total. The monoisotopic (exact) mass is 646 g/mol. The van der Waals surface area contributed by atoms with Crippen molar-refractivity contribution in [2.75, 3.05) is 29.5 Å². The van der Waals surface area contributed by atoms with Gasteiger partial charge in [0, 0.05) is 47.6 Å². The van der Waals surface area contributed by atoms with Crippen LogP contribution in [-0.4, -0.2) is 42.1 Å². The van der Waals surface area contributed by atoms with E-state index < -0.39 is 0 Å². The molecular formula is C36H54N8O3. The minimum absolute atomic E-state index is 0.0293. The molecule has 4 aromatic rings. The number of carbonyl (C=O) groups is 2. The van der Waals surface area contributed by atoms with Crippen LogP contribution in [0, 0.1) is 5.92 Å². The van der Waals surface area contributed by atoms with E-state index in [1.54, 1.807) is 0 Å². The second-order valence-electron chi connectivity index (χ2n) is 11.0. The van der Waals surface area contributed by atoms with E-state index in [0.717, 1.165) is 40.8 Å². The highest BCUT2D eigenvalue weighted by Gasteiger charge is 2.19. The number of nitrogens with zero attached hydrogens (tertiary/aromatic N) is 3. The average Bonchev–Trinajstić information content (AvgIpc) is 3.10. The van der Waals surface area contributed by atoms with Crippen LogP contribution in [0.1, 0.15) is 66.5 Å². The van der Waals surface area contributed by atoms with E-state index >= 15 is 0 Å². The maximum absolute atomic E-state index is 8.00.